The van der Waals surface area contributed by atoms with Gasteiger partial charge in [-0.15, -0.1) is 0 Å². The van der Waals surface area contributed by atoms with E-state index in [1.807, 2.05) is 39.2 Å². The van der Waals surface area contributed by atoms with Crippen LogP contribution in [0.15, 0.2) is 18.2 Å². The molecule has 6 nitrogen and oxygen atoms in total. The Labute approximate surface area is 139 Å². The second kappa shape index (κ2) is 13.1. The molecule has 0 aromatic heterocycles. The van der Waals surface area contributed by atoms with E-state index in [-0.39, 0.29) is 0 Å². The van der Waals surface area contributed by atoms with Crippen LogP contribution in [0.2, 0.25) is 0 Å². The third-order valence-corrected chi connectivity index (χ3v) is 3.06. The monoisotopic (exact) mass is 326 g/mol. The maximum absolute atomic E-state index is 5.77. The first-order valence-corrected chi connectivity index (χ1v) is 8.09. The van der Waals surface area contributed by atoms with Gasteiger partial charge in [-0.05, 0) is 38.7 Å². The highest BCUT2D eigenvalue weighted by Gasteiger charge is 2.06. The molecular formula is C17H30N2O4. The van der Waals surface area contributed by atoms with Crippen LogP contribution in [-0.2, 0) is 9.47 Å². The van der Waals surface area contributed by atoms with Crippen LogP contribution in [-0.4, -0.2) is 66.8 Å². The number of ether oxygens (including phenoxy) is 4. The fourth-order valence-electron chi connectivity index (χ4n) is 1.82. The Kier molecular flexibility index (Phi) is 11.3. The van der Waals surface area contributed by atoms with Gasteiger partial charge >= 0.3 is 0 Å². The molecule has 1 aromatic carbocycles. The summed E-state index contributed by atoms with van der Waals surface area (Å²) in [4.78, 5) is 0. The predicted molar refractivity (Wildman–Crippen MR) is 91.7 cm³/mol. The number of hydrogen-bond donors (Lipinski definition) is 2. The molecule has 23 heavy (non-hydrogen) atoms. The van der Waals surface area contributed by atoms with Crippen LogP contribution in [0, 0.1) is 6.92 Å². The van der Waals surface area contributed by atoms with Crippen LogP contribution >= 0.6 is 0 Å². The van der Waals surface area contributed by atoms with Crippen molar-refractivity contribution in [3.05, 3.63) is 23.8 Å². The van der Waals surface area contributed by atoms with E-state index in [4.69, 9.17) is 18.9 Å². The van der Waals surface area contributed by atoms with Gasteiger partial charge in [0.05, 0.1) is 26.4 Å². The van der Waals surface area contributed by atoms with Crippen LogP contribution in [0.5, 0.6) is 11.5 Å². The van der Waals surface area contributed by atoms with Gasteiger partial charge < -0.3 is 29.6 Å². The Balaban J connectivity index is 2.31. The minimum atomic E-state index is 0.502. The zero-order valence-electron chi connectivity index (χ0n) is 14.5. The van der Waals surface area contributed by atoms with E-state index in [1.54, 1.807) is 0 Å². The molecule has 0 aliphatic rings. The van der Waals surface area contributed by atoms with E-state index in [0.29, 0.717) is 39.6 Å². The normalized spacial score (nSPS) is 10.7. The van der Waals surface area contributed by atoms with Crippen LogP contribution in [0.25, 0.3) is 0 Å². The van der Waals surface area contributed by atoms with Crippen molar-refractivity contribution < 1.29 is 18.9 Å². The summed E-state index contributed by atoms with van der Waals surface area (Å²) in [7, 11) is 3.80. The molecule has 0 spiro atoms. The van der Waals surface area contributed by atoms with E-state index in [0.717, 1.165) is 30.2 Å². The van der Waals surface area contributed by atoms with Crippen LogP contribution in [0.4, 0.5) is 0 Å². The SMILES string of the molecule is CNCCOCCOc1ccc(C)cc1OCCOCCNC. The number of benzene rings is 1. The van der Waals surface area contributed by atoms with E-state index < -0.39 is 0 Å². The Bertz CT molecular complexity index is 416. The molecule has 1 aromatic rings. The summed E-state index contributed by atoms with van der Waals surface area (Å²) in [5.74, 6) is 1.49. The summed E-state index contributed by atoms with van der Waals surface area (Å²) in [6, 6.07) is 5.92. The lowest BCUT2D eigenvalue weighted by Gasteiger charge is -2.14. The third-order valence-electron chi connectivity index (χ3n) is 3.06. The molecule has 132 valence electrons. The van der Waals surface area contributed by atoms with Gasteiger partial charge in [0, 0.05) is 13.1 Å². The van der Waals surface area contributed by atoms with E-state index in [1.165, 1.54) is 0 Å². The van der Waals surface area contributed by atoms with Gasteiger partial charge in [0.25, 0.3) is 0 Å². The van der Waals surface area contributed by atoms with Gasteiger partial charge in [-0.2, -0.15) is 0 Å². The fourth-order valence-corrected chi connectivity index (χ4v) is 1.82. The molecule has 0 atom stereocenters. The number of aryl methyl sites for hydroxylation is 1. The minimum absolute atomic E-state index is 0.502. The molecular weight excluding hydrogens is 296 g/mol. The molecule has 0 amide bonds. The van der Waals surface area contributed by atoms with Gasteiger partial charge in [-0.25, -0.2) is 0 Å². The van der Waals surface area contributed by atoms with Crippen LogP contribution in [0.3, 0.4) is 0 Å². The first kappa shape index (κ1) is 19.7. The third kappa shape index (κ3) is 9.40. The number of nitrogens with one attached hydrogen (secondary N) is 2. The lowest BCUT2D eigenvalue weighted by molar-refractivity contribution is 0.0934. The number of likely N-dealkylation sites (N-methyl/N-ethyl adjacent to an activating group) is 2. The molecule has 0 radical (unpaired) electrons. The zero-order valence-corrected chi connectivity index (χ0v) is 14.5. The van der Waals surface area contributed by atoms with Gasteiger partial charge in [-0.1, -0.05) is 6.07 Å². The topological polar surface area (TPSA) is 61.0 Å². The Morgan fingerprint density at radius 3 is 1.87 bits per heavy atom. The lowest BCUT2D eigenvalue weighted by Crippen LogP contribution is -2.17. The van der Waals surface area contributed by atoms with Crippen LogP contribution < -0.4 is 20.1 Å². The second-order valence-corrected chi connectivity index (χ2v) is 5.08. The highest BCUT2D eigenvalue weighted by atomic mass is 16.6. The fraction of sp³-hybridized carbons (Fsp3) is 0.647. The molecule has 0 saturated carbocycles. The highest BCUT2D eigenvalue weighted by molar-refractivity contribution is 5.42. The summed E-state index contributed by atoms with van der Waals surface area (Å²) in [5.41, 5.74) is 1.13. The first-order chi connectivity index (χ1) is 11.3. The van der Waals surface area contributed by atoms with Gasteiger partial charge in [0.2, 0.25) is 0 Å². The van der Waals surface area contributed by atoms with E-state index in [2.05, 4.69) is 10.6 Å². The average molecular weight is 326 g/mol. The van der Waals surface area contributed by atoms with Gasteiger partial charge in [0.1, 0.15) is 13.2 Å². The first-order valence-electron chi connectivity index (χ1n) is 8.09. The number of hydrogen-bond acceptors (Lipinski definition) is 6. The minimum Gasteiger partial charge on any atom is -0.487 e. The molecule has 0 aliphatic carbocycles. The predicted octanol–water partition coefficient (Wildman–Crippen LogP) is 1.22. The van der Waals surface area contributed by atoms with Gasteiger partial charge in [-0.3, -0.25) is 0 Å². The summed E-state index contributed by atoms with van der Waals surface area (Å²) >= 11 is 0. The zero-order chi connectivity index (χ0) is 16.8. The Hall–Kier alpha value is -1.34. The smallest absolute Gasteiger partial charge is 0.161 e. The molecule has 0 fully saturated rings. The van der Waals surface area contributed by atoms with Crippen molar-refractivity contribution in [1.29, 1.82) is 0 Å². The average Bonchev–Trinajstić information content (AvgIpc) is 2.55. The van der Waals surface area contributed by atoms with Crippen molar-refractivity contribution >= 4 is 0 Å². The Morgan fingerprint density at radius 1 is 0.739 bits per heavy atom. The lowest BCUT2D eigenvalue weighted by atomic mass is 10.2. The molecule has 0 bridgehead atoms. The van der Waals surface area contributed by atoms with Crippen molar-refractivity contribution in [2.24, 2.45) is 0 Å². The maximum atomic E-state index is 5.77. The summed E-state index contributed by atoms with van der Waals surface area (Å²) in [6.45, 7) is 7.19. The maximum Gasteiger partial charge on any atom is 0.161 e. The van der Waals surface area contributed by atoms with Crippen molar-refractivity contribution in [2.75, 3.05) is 66.8 Å². The standard InChI is InChI=1S/C17H30N2O4/c1-15-4-5-16(22-12-10-20-8-6-18-2)17(14-15)23-13-11-21-9-7-19-3/h4-5,14,18-19H,6-13H2,1-3H3. The van der Waals surface area contributed by atoms with Crippen molar-refractivity contribution in [1.82, 2.24) is 10.6 Å². The quantitative estimate of drug-likeness (QED) is 0.501. The van der Waals surface area contributed by atoms with Crippen molar-refractivity contribution in [3.8, 4) is 11.5 Å². The van der Waals surface area contributed by atoms with Crippen molar-refractivity contribution in [3.63, 3.8) is 0 Å². The molecule has 1 rings (SSSR count). The van der Waals surface area contributed by atoms with E-state index in [9.17, 15) is 0 Å². The van der Waals surface area contributed by atoms with E-state index >= 15 is 0 Å². The molecule has 0 heterocycles. The molecule has 0 saturated heterocycles. The highest BCUT2D eigenvalue weighted by Crippen LogP contribution is 2.28. The Morgan fingerprint density at radius 2 is 1.30 bits per heavy atom. The number of rotatable bonds is 14. The summed E-state index contributed by atoms with van der Waals surface area (Å²) < 4.78 is 22.4. The molecule has 0 unspecified atom stereocenters. The second-order valence-electron chi connectivity index (χ2n) is 5.08. The molecule has 6 heteroatoms. The largest absolute Gasteiger partial charge is 0.487 e. The molecule has 2 N–H and O–H groups in total. The summed E-state index contributed by atoms with van der Waals surface area (Å²) in [6.07, 6.45) is 0. The summed E-state index contributed by atoms with van der Waals surface area (Å²) in [5, 5.41) is 6.06. The van der Waals surface area contributed by atoms with Gasteiger partial charge in [0.15, 0.2) is 11.5 Å². The van der Waals surface area contributed by atoms with Crippen molar-refractivity contribution in [2.45, 2.75) is 6.92 Å². The van der Waals surface area contributed by atoms with Crippen LogP contribution in [0.1, 0.15) is 5.56 Å². The molecule has 0 aliphatic heterocycles.